The molecule has 1 N–H and O–H groups in total. The molecule has 1 unspecified atom stereocenters. The van der Waals surface area contributed by atoms with Crippen LogP contribution in [0.4, 0.5) is 0 Å². The van der Waals surface area contributed by atoms with E-state index in [0.717, 1.165) is 28.1 Å². The summed E-state index contributed by atoms with van der Waals surface area (Å²) in [7, 11) is 1.83. The molecular formula is C20H19ClN2O2. The first-order valence-electron chi connectivity index (χ1n) is 8.02. The Morgan fingerprint density at radius 3 is 2.64 bits per heavy atom. The van der Waals surface area contributed by atoms with Gasteiger partial charge >= 0.3 is 5.97 Å². The number of carboxylic acid groups (broad SMARTS) is 1. The summed E-state index contributed by atoms with van der Waals surface area (Å²) in [6.07, 6.45) is 0.378. The van der Waals surface area contributed by atoms with Gasteiger partial charge in [0.1, 0.15) is 0 Å². The van der Waals surface area contributed by atoms with E-state index in [1.165, 1.54) is 0 Å². The van der Waals surface area contributed by atoms with E-state index in [4.69, 9.17) is 11.6 Å². The van der Waals surface area contributed by atoms with Gasteiger partial charge in [-0.1, -0.05) is 53.6 Å². The lowest BCUT2D eigenvalue weighted by Gasteiger charge is -2.13. The zero-order chi connectivity index (χ0) is 18.0. The third-order valence-corrected chi connectivity index (χ3v) is 4.49. The number of aliphatic carboxylic acids is 1. The van der Waals surface area contributed by atoms with Gasteiger partial charge in [0.25, 0.3) is 0 Å². The van der Waals surface area contributed by atoms with Crippen LogP contribution in [0, 0.1) is 6.92 Å². The Hall–Kier alpha value is -2.59. The molecule has 0 saturated heterocycles. The summed E-state index contributed by atoms with van der Waals surface area (Å²) in [4.78, 5) is 11.8. The fourth-order valence-electron chi connectivity index (χ4n) is 2.93. The molecule has 25 heavy (non-hydrogen) atoms. The highest BCUT2D eigenvalue weighted by Crippen LogP contribution is 2.26. The van der Waals surface area contributed by atoms with Crippen LogP contribution < -0.4 is 0 Å². The third kappa shape index (κ3) is 3.91. The van der Waals surface area contributed by atoms with Gasteiger partial charge in [-0.2, -0.15) is 5.10 Å². The van der Waals surface area contributed by atoms with Crippen molar-refractivity contribution in [2.75, 3.05) is 0 Å². The number of aryl methyl sites for hydroxylation is 2. The lowest BCUT2D eigenvalue weighted by Crippen LogP contribution is -2.16. The summed E-state index contributed by atoms with van der Waals surface area (Å²) in [5.41, 5.74) is 4.42. The van der Waals surface area contributed by atoms with Crippen molar-refractivity contribution < 1.29 is 9.90 Å². The SMILES string of the molecule is Cc1cccc(C(Cc2cc(-c3cccc(Cl)c3)nn2C)C(=O)O)c1. The first-order chi connectivity index (χ1) is 11.9. The van der Waals surface area contributed by atoms with Gasteiger partial charge in [-0.25, -0.2) is 0 Å². The average Bonchev–Trinajstić information content (AvgIpc) is 2.93. The minimum atomic E-state index is -0.837. The van der Waals surface area contributed by atoms with E-state index in [2.05, 4.69) is 5.10 Å². The molecule has 4 nitrogen and oxygen atoms in total. The van der Waals surface area contributed by atoms with Crippen molar-refractivity contribution in [1.82, 2.24) is 9.78 Å². The van der Waals surface area contributed by atoms with Crippen LogP contribution in [0.2, 0.25) is 5.02 Å². The molecule has 0 aliphatic rings. The maximum atomic E-state index is 11.8. The molecule has 0 saturated carbocycles. The first kappa shape index (κ1) is 17.2. The maximum Gasteiger partial charge on any atom is 0.311 e. The fourth-order valence-corrected chi connectivity index (χ4v) is 3.12. The van der Waals surface area contributed by atoms with Crippen LogP contribution in [0.1, 0.15) is 22.7 Å². The minimum absolute atomic E-state index is 0.378. The van der Waals surface area contributed by atoms with E-state index in [1.807, 2.05) is 68.6 Å². The molecule has 0 bridgehead atoms. The molecule has 3 aromatic rings. The minimum Gasteiger partial charge on any atom is -0.481 e. The molecular weight excluding hydrogens is 336 g/mol. The maximum absolute atomic E-state index is 11.8. The summed E-state index contributed by atoms with van der Waals surface area (Å²) < 4.78 is 1.74. The van der Waals surface area contributed by atoms with E-state index in [0.29, 0.717) is 11.4 Å². The summed E-state index contributed by atoms with van der Waals surface area (Å²) in [5.74, 6) is -1.45. The van der Waals surface area contributed by atoms with Gasteiger partial charge < -0.3 is 5.11 Å². The van der Waals surface area contributed by atoms with Crippen molar-refractivity contribution in [1.29, 1.82) is 0 Å². The van der Waals surface area contributed by atoms with E-state index in [9.17, 15) is 9.90 Å². The van der Waals surface area contributed by atoms with Crippen molar-refractivity contribution >= 4 is 17.6 Å². The monoisotopic (exact) mass is 354 g/mol. The molecule has 0 aliphatic carbocycles. The van der Waals surface area contributed by atoms with Crippen LogP contribution in [0.5, 0.6) is 0 Å². The van der Waals surface area contributed by atoms with Crippen LogP contribution in [0.25, 0.3) is 11.3 Å². The number of hydrogen-bond donors (Lipinski definition) is 1. The van der Waals surface area contributed by atoms with Crippen LogP contribution in [-0.4, -0.2) is 20.9 Å². The molecule has 0 radical (unpaired) electrons. The molecule has 128 valence electrons. The predicted molar refractivity (Wildman–Crippen MR) is 98.9 cm³/mol. The number of nitrogens with zero attached hydrogens (tertiary/aromatic N) is 2. The van der Waals surface area contributed by atoms with Gasteiger partial charge in [-0.3, -0.25) is 9.48 Å². The summed E-state index contributed by atoms with van der Waals surface area (Å²) in [6, 6.07) is 17.0. The number of carbonyl (C=O) groups is 1. The lowest BCUT2D eigenvalue weighted by atomic mass is 9.93. The van der Waals surface area contributed by atoms with Gasteiger partial charge in [-0.15, -0.1) is 0 Å². The molecule has 0 amide bonds. The number of halogens is 1. The topological polar surface area (TPSA) is 55.1 Å². The Labute approximate surface area is 151 Å². The Kier molecular flexibility index (Phi) is 4.91. The van der Waals surface area contributed by atoms with E-state index in [1.54, 1.807) is 4.68 Å². The van der Waals surface area contributed by atoms with Crippen molar-refractivity contribution in [3.05, 3.63) is 76.4 Å². The molecule has 5 heteroatoms. The molecule has 0 fully saturated rings. The highest BCUT2D eigenvalue weighted by molar-refractivity contribution is 6.30. The average molecular weight is 355 g/mol. The van der Waals surface area contributed by atoms with Crippen LogP contribution >= 0.6 is 11.6 Å². The Morgan fingerprint density at radius 2 is 1.96 bits per heavy atom. The first-order valence-corrected chi connectivity index (χ1v) is 8.40. The Balaban J connectivity index is 1.92. The predicted octanol–water partition coefficient (Wildman–Crippen LogP) is 4.46. The zero-order valence-corrected chi connectivity index (χ0v) is 14.9. The normalized spacial score (nSPS) is 12.1. The Bertz CT molecular complexity index is 918. The van der Waals surface area contributed by atoms with E-state index in [-0.39, 0.29) is 0 Å². The molecule has 3 rings (SSSR count). The molecule has 0 spiro atoms. The number of hydrogen-bond acceptors (Lipinski definition) is 2. The highest BCUT2D eigenvalue weighted by atomic mass is 35.5. The number of rotatable bonds is 5. The molecule has 1 aromatic heterocycles. The third-order valence-electron chi connectivity index (χ3n) is 4.25. The smallest absolute Gasteiger partial charge is 0.311 e. The number of aromatic nitrogens is 2. The lowest BCUT2D eigenvalue weighted by molar-refractivity contribution is -0.138. The fraction of sp³-hybridized carbons (Fsp3) is 0.200. The van der Waals surface area contributed by atoms with Crippen LogP contribution in [0.3, 0.4) is 0 Å². The molecule has 2 aromatic carbocycles. The molecule has 1 heterocycles. The quantitative estimate of drug-likeness (QED) is 0.736. The standard InChI is InChI=1S/C20H19ClN2O2/c1-13-5-3-6-14(9-13)18(20(24)25)11-17-12-19(22-23(17)2)15-7-4-8-16(21)10-15/h3-10,12,18H,11H2,1-2H3,(H,24,25). The largest absolute Gasteiger partial charge is 0.481 e. The number of benzene rings is 2. The van der Waals surface area contributed by atoms with Crippen molar-refractivity contribution in [2.24, 2.45) is 7.05 Å². The Morgan fingerprint density at radius 1 is 1.20 bits per heavy atom. The van der Waals surface area contributed by atoms with Gasteiger partial charge in [-0.05, 0) is 30.7 Å². The summed E-state index contributed by atoms with van der Waals surface area (Å²) in [6.45, 7) is 1.96. The molecule has 1 atom stereocenters. The second kappa shape index (κ2) is 7.11. The second-order valence-corrected chi connectivity index (χ2v) is 6.60. The van der Waals surface area contributed by atoms with Crippen molar-refractivity contribution in [2.45, 2.75) is 19.3 Å². The number of carboxylic acids is 1. The van der Waals surface area contributed by atoms with Gasteiger partial charge in [0, 0.05) is 29.7 Å². The van der Waals surface area contributed by atoms with Crippen LogP contribution in [-0.2, 0) is 18.3 Å². The zero-order valence-electron chi connectivity index (χ0n) is 14.1. The van der Waals surface area contributed by atoms with E-state index < -0.39 is 11.9 Å². The summed E-state index contributed by atoms with van der Waals surface area (Å²) >= 11 is 6.05. The van der Waals surface area contributed by atoms with Gasteiger partial charge in [0.15, 0.2) is 0 Å². The second-order valence-electron chi connectivity index (χ2n) is 6.16. The van der Waals surface area contributed by atoms with Gasteiger partial charge in [0.2, 0.25) is 0 Å². The van der Waals surface area contributed by atoms with Gasteiger partial charge in [0.05, 0.1) is 11.6 Å². The van der Waals surface area contributed by atoms with Crippen molar-refractivity contribution in [3.8, 4) is 11.3 Å². The highest BCUT2D eigenvalue weighted by Gasteiger charge is 2.22. The van der Waals surface area contributed by atoms with Crippen LogP contribution in [0.15, 0.2) is 54.6 Å². The summed E-state index contributed by atoms with van der Waals surface area (Å²) in [5, 5.41) is 14.8. The van der Waals surface area contributed by atoms with Crippen molar-refractivity contribution in [3.63, 3.8) is 0 Å². The van der Waals surface area contributed by atoms with E-state index >= 15 is 0 Å². The molecule has 0 aliphatic heterocycles.